The SMILES string of the molecule is CC(CC(=O)N[C@@H](CO)C(=O)OC(C)(C)C)C(F)(F)C(F)(F)F. The molecular formula is C13H20F5NO4. The standard InChI is InChI=1S/C13H20F5NO4/c1-7(12(14,15)13(16,17)18)5-9(21)19-8(6-20)10(22)23-11(2,3)4/h7-8,20H,5-6H2,1-4H3,(H,19,21)/t7?,8-/m0/s1. The highest BCUT2D eigenvalue weighted by Gasteiger charge is 2.60. The number of aliphatic hydroxyl groups excluding tert-OH is 1. The van der Waals surface area contributed by atoms with Crippen molar-refractivity contribution in [3.8, 4) is 0 Å². The van der Waals surface area contributed by atoms with Gasteiger partial charge in [-0.05, 0) is 20.8 Å². The summed E-state index contributed by atoms with van der Waals surface area (Å²) in [7, 11) is 0. The van der Waals surface area contributed by atoms with Crippen molar-refractivity contribution in [2.75, 3.05) is 6.61 Å². The molecule has 10 heteroatoms. The van der Waals surface area contributed by atoms with E-state index >= 15 is 0 Å². The number of hydrogen-bond donors (Lipinski definition) is 2. The molecule has 0 bridgehead atoms. The number of ether oxygens (including phenoxy) is 1. The van der Waals surface area contributed by atoms with Crippen LogP contribution in [0.15, 0.2) is 0 Å². The molecule has 0 saturated carbocycles. The summed E-state index contributed by atoms with van der Waals surface area (Å²) in [4.78, 5) is 23.2. The third kappa shape index (κ3) is 6.67. The van der Waals surface area contributed by atoms with Crippen LogP contribution < -0.4 is 5.32 Å². The van der Waals surface area contributed by atoms with E-state index in [2.05, 4.69) is 0 Å². The second-order valence-corrected chi connectivity index (χ2v) is 6.06. The first-order valence-electron chi connectivity index (χ1n) is 6.69. The Bertz CT molecular complexity index is 431. The van der Waals surface area contributed by atoms with Crippen LogP contribution in [0.5, 0.6) is 0 Å². The molecule has 1 amide bonds. The number of carbonyl (C=O) groups is 2. The van der Waals surface area contributed by atoms with Crippen LogP contribution in [0, 0.1) is 5.92 Å². The number of aliphatic hydroxyl groups is 1. The highest BCUT2D eigenvalue weighted by Crippen LogP contribution is 2.42. The molecule has 0 aromatic heterocycles. The van der Waals surface area contributed by atoms with Gasteiger partial charge in [-0.1, -0.05) is 6.92 Å². The van der Waals surface area contributed by atoms with Crippen molar-refractivity contribution in [3.05, 3.63) is 0 Å². The van der Waals surface area contributed by atoms with Crippen molar-refractivity contribution in [1.29, 1.82) is 0 Å². The Balaban J connectivity index is 4.78. The summed E-state index contributed by atoms with van der Waals surface area (Å²) in [6.45, 7) is 4.24. The number of alkyl halides is 5. The van der Waals surface area contributed by atoms with Crippen LogP contribution in [-0.2, 0) is 14.3 Å². The third-order valence-corrected chi connectivity index (χ3v) is 2.70. The molecule has 2 atom stereocenters. The average Bonchev–Trinajstić information content (AvgIpc) is 2.31. The Morgan fingerprint density at radius 3 is 1.96 bits per heavy atom. The predicted octanol–water partition coefficient (Wildman–Crippen LogP) is 2.03. The maximum atomic E-state index is 13.0. The van der Waals surface area contributed by atoms with Crippen molar-refractivity contribution in [2.45, 2.75) is 57.9 Å². The first kappa shape index (κ1) is 21.6. The largest absolute Gasteiger partial charge is 0.458 e. The molecule has 2 N–H and O–H groups in total. The van der Waals surface area contributed by atoms with E-state index in [0.29, 0.717) is 6.92 Å². The Morgan fingerprint density at radius 2 is 1.61 bits per heavy atom. The normalized spacial score (nSPS) is 15.7. The molecule has 136 valence electrons. The minimum atomic E-state index is -5.78. The highest BCUT2D eigenvalue weighted by atomic mass is 19.4. The molecule has 0 aromatic rings. The van der Waals surface area contributed by atoms with Crippen LogP contribution >= 0.6 is 0 Å². The molecule has 1 unspecified atom stereocenters. The molecule has 0 aliphatic carbocycles. The van der Waals surface area contributed by atoms with E-state index in [0.717, 1.165) is 0 Å². The molecule has 0 rings (SSSR count). The van der Waals surface area contributed by atoms with Gasteiger partial charge in [0.15, 0.2) is 6.04 Å². The molecule has 0 fully saturated rings. The maximum absolute atomic E-state index is 13.0. The molecule has 0 radical (unpaired) electrons. The number of esters is 1. The lowest BCUT2D eigenvalue weighted by atomic mass is 9.98. The fourth-order valence-electron chi connectivity index (χ4n) is 1.49. The number of hydrogen-bond acceptors (Lipinski definition) is 4. The molecule has 0 saturated heterocycles. The fourth-order valence-corrected chi connectivity index (χ4v) is 1.49. The monoisotopic (exact) mass is 349 g/mol. The minimum absolute atomic E-state index is 0.564. The van der Waals surface area contributed by atoms with Gasteiger partial charge in [0.25, 0.3) is 0 Å². The van der Waals surface area contributed by atoms with Crippen LogP contribution in [0.4, 0.5) is 22.0 Å². The number of halogens is 5. The van der Waals surface area contributed by atoms with Crippen molar-refractivity contribution >= 4 is 11.9 Å². The zero-order chi connectivity index (χ0) is 18.6. The molecule has 0 spiro atoms. The zero-order valence-corrected chi connectivity index (χ0v) is 13.1. The summed E-state index contributed by atoms with van der Waals surface area (Å²) in [6.07, 6.45) is -6.96. The molecule has 0 aliphatic heterocycles. The Morgan fingerprint density at radius 1 is 1.13 bits per heavy atom. The number of amides is 1. The number of rotatable bonds is 6. The van der Waals surface area contributed by atoms with Gasteiger partial charge in [0, 0.05) is 12.3 Å². The van der Waals surface area contributed by atoms with Gasteiger partial charge in [-0.15, -0.1) is 0 Å². The van der Waals surface area contributed by atoms with Gasteiger partial charge >= 0.3 is 18.1 Å². The molecule has 0 aromatic carbocycles. The summed E-state index contributed by atoms with van der Waals surface area (Å²) < 4.78 is 67.5. The minimum Gasteiger partial charge on any atom is -0.458 e. The summed E-state index contributed by atoms with van der Waals surface area (Å²) in [5, 5.41) is 10.9. The smallest absolute Gasteiger partial charge is 0.453 e. The van der Waals surface area contributed by atoms with Crippen molar-refractivity contribution in [2.24, 2.45) is 5.92 Å². The van der Waals surface area contributed by atoms with Crippen LogP contribution in [0.3, 0.4) is 0 Å². The van der Waals surface area contributed by atoms with E-state index < -0.39 is 54.6 Å². The maximum Gasteiger partial charge on any atom is 0.453 e. The third-order valence-electron chi connectivity index (χ3n) is 2.70. The van der Waals surface area contributed by atoms with Gasteiger partial charge in [0.1, 0.15) is 5.60 Å². The van der Waals surface area contributed by atoms with E-state index in [9.17, 15) is 31.5 Å². The van der Waals surface area contributed by atoms with Gasteiger partial charge < -0.3 is 15.2 Å². The van der Waals surface area contributed by atoms with E-state index in [1.165, 1.54) is 20.8 Å². The number of carbonyl (C=O) groups excluding carboxylic acids is 2. The van der Waals surface area contributed by atoms with Crippen LogP contribution in [0.2, 0.25) is 0 Å². The molecule has 0 heterocycles. The van der Waals surface area contributed by atoms with Crippen molar-refractivity contribution in [3.63, 3.8) is 0 Å². The van der Waals surface area contributed by atoms with Crippen molar-refractivity contribution in [1.82, 2.24) is 5.32 Å². The topological polar surface area (TPSA) is 75.6 Å². The first-order chi connectivity index (χ1) is 10.1. The van der Waals surface area contributed by atoms with Gasteiger partial charge in [0.05, 0.1) is 6.61 Å². The van der Waals surface area contributed by atoms with Crippen LogP contribution in [0.1, 0.15) is 34.1 Å². The lowest BCUT2D eigenvalue weighted by Gasteiger charge is -2.26. The summed E-state index contributed by atoms with van der Waals surface area (Å²) in [5.41, 5.74) is -0.925. The molecular weight excluding hydrogens is 329 g/mol. The second kappa shape index (κ2) is 7.41. The lowest BCUT2D eigenvalue weighted by Crippen LogP contribution is -2.49. The van der Waals surface area contributed by atoms with Crippen molar-refractivity contribution < 1.29 is 41.4 Å². The van der Waals surface area contributed by atoms with Gasteiger partial charge in [-0.2, -0.15) is 22.0 Å². The van der Waals surface area contributed by atoms with E-state index in [1.54, 1.807) is 0 Å². The lowest BCUT2D eigenvalue weighted by molar-refractivity contribution is -0.300. The summed E-state index contributed by atoms with van der Waals surface area (Å²) >= 11 is 0. The van der Waals surface area contributed by atoms with E-state index in [4.69, 9.17) is 9.84 Å². The molecule has 0 aliphatic rings. The fraction of sp³-hybridized carbons (Fsp3) is 0.846. The highest BCUT2D eigenvalue weighted by molar-refractivity contribution is 5.84. The summed E-state index contributed by atoms with van der Waals surface area (Å²) in [5.74, 6) is -9.64. The summed E-state index contributed by atoms with van der Waals surface area (Å²) in [6, 6.07) is -1.55. The Kier molecular flexibility index (Phi) is 6.95. The zero-order valence-electron chi connectivity index (χ0n) is 13.1. The first-order valence-corrected chi connectivity index (χ1v) is 6.69. The Labute approximate surface area is 130 Å². The van der Waals surface area contributed by atoms with Gasteiger partial charge in [0.2, 0.25) is 5.91 Å². The quantitative estimate of drug-likeness (QED) is 0.568. The molecule has 5 nitrogen and oxygen atoms in total. The van der Waals surface area contributed by atoms with E-state index in [1.807, 2.05) is 5.32 Å². The average molecular weight is 349 g/mol. The van der Waals surface area contributed by atoms with Gasteiger partial charge in [-0.3, -0.25) is 4.79 Å². The van der Waals surface area contributed by atoms with Gasteiger partial charge in [-0.25, -0.2) is 4.79 Å². The number of nitrogens with one attached hydrogen (secondary N) is 1. The second-order valence-electron chi connectivity index (χ2n) is 6.06. The van der Waals surface area contributed by atoms with Crippen LogP contribution in [0.25, 0.3) is 0 Å². The van der Waals surface area contributed by atoms with E-state index in [-0.39, 0.29) is 0 Å². The Hall–Kier alpha value is -1.45. The molecule has 23 heavy (non-hydrogen) atoms. The van der Waals surface area contributed by atoms with Crippen LogP contribution in [-0.4, -0.2) is 47.3 Å². The predicted molar refractivity (Wildman–Crippen MR) is 69.6 cm³/mol.